The fourth-order valence-corrected chi connectivity index (χ4v) is 3.77. The van der Waals surface area contributed by atoms with Gasteiger partial charge in [0.2, 0.25) is 0 Å². The van der Waals surface area contributed by atoms with E-state index in [2.05, 4.69) is 29.5 Å². The normalized spacial score (nSPS) is 23.7. The van der Waals surface area contributed by atoms with Gasteiger partial charge in [-0.2, -0.15) is 13.1 Å². The standard InChI is InChI=1S/C16H24N2O5S/c1-16(2)13-11-12(5-6-17-24(19,20)21)3-4-14(13)23-15(16)18-7-9-22-10-8-18/h3-4,11,15,17H,5-10H2,1-2H3,(H,19,20,21). The zero-order chi connectivity index (χ0) is 17.4. The van der Waals surface area contributed by atoms with Crippen molar-refractivity contribution >= 4 is 10.3 Å². The summed E-state index contributed by atoms with van der Waals surface area (Å²) in [5, 5.41) is 0. The largest absolute Gasteiger partial charge is 0.474 e. The van der Waals surface area contributed by atoms with E-state index >= 15 is 0 Å². The monoisotopic (exact) mass is 356 g/mol. The van der Waals surface area contributed by atoms with E-state index in [1.807, 2.05) is 12.1 Å². The van der Waals surface area contributed by atoms with Crippen molar-refractivity contribution in [1.29, 1.82) is 0 Å². The van der Waals surface area contributed by atoms with Crippen molar-refractivity contribution in [1.82, 2.24) is 9.62 Å². The zero-order valence-corrected chi connectivity index (χ0v) is 14.8. The Kier molecular flexibility index (Phi) is 4.85. The molecule has 0 bridgehead atoms. The van der Waals surface area contributed by atoms with Gasteiger partial charge in [0.05, 0.1) is 13.2 Å². The molecule has 0 spiro atoms. The van der Waals surface area contributed by atoms with Crippen molar-refractivity contribution in [2.75, 3.05) is 32.8 Å². The molecule has 0 amide bonds. The van der Waals surface area contributed by atoms with E-state index in [1.165, 1.54) is 0 Å². The second kappa shape index (κ2) is 6.61. The Labute approximate surface area is 142 Å². The summed E-state index contributed by atoms with van der Waals surface area (Å²) in [5.74, 6) is 0.878. The van der Waals surface area contributed by atoms with Crippen molar-refractivity contribution in [3.8, 4) is 5.75 Å². The topological polar surface area (TPSA) is 88.1 Å². The summed E-state index contributed by atoms with van der Waals surface area (Å²) in [6, 6.07) is 5.95. The Balaban J connectivity index is 1.74. The van der Waals surface area contributed by atoms with Crippen LogP contribution in [-0.2, 0) is 26.9 Å². The van der Waals surface area contributed by atoms with E-state index in [0.29, 0.717) is 6.42 Å². The lowest BCUT2D eigenvalue weighted by molar-refractivity contribution is -0.0612. The number of nitrogens with one attached hydrogen (secondary N) is 1. The number of fused-ring (bicyclic) bond motifs is 1. The Morgan fingerprint density at radius 3 is 2.71 bits per heavy atom. The number of nitrogens with zero attached hydrogens (tertiary/aromatic N) is 1. The highest BCUT2D eigenvalue weighted by Crippen LogP contribution is 2.44. The molecule has 2 heterocycles. The molecule has 0 aromatic heterocycles. The summed E-state index contributed by atoms with van der Waals surface area (Å²) < 4.78 is 43.9. The van der Waals surface area contributed by atoms with Crippen LogP contribution in [0.5, 0.6) is 5.75 Å². The lowest BCUT2D eigenvalue weighted by atomic mass is 9.82. The van der Waals surface area contributed by atoms with Crippen LogP contribution < -0.4 is 9.46 Å². The van der Waals surface area contributed by atoms with Crippen LogP contribution in [0, 0.1) is 0 Å². The van der Waals surface area contributed by atoms with Crippen LogP contribution in [0.3, 0.4) is 0 Å². The fourth-order valence-electron chi connectivity index (χ4n) is 3.41. The molecule has 1 aromatic carbocycles. The molecule has 0 saturated carbocycles. The first kappa shape index (κ1) is 17.6. The third-order valence-corrected chi connectivity index (χ3v) is 5.24. The molecule has 2 N–H and O–H groups in total. The van der Waals surface area contributed by atoms with E-state index in [0.717, 1.165) is 43.2 Å². The molecule has 24 heavy (non-hydrogen) atoms. The van der Waals surface area contributed by atoms with Crippen molar-refractivity contribution in [3.63, 3.8) is 0 Å². The highest BCUT2D eigenvalue weighted by Gasteiger charge is 2.45. The highest BCUT2D eigenvalue weighted by molar-refractivity contribution is 7.83. The van der Waals surface area contributed by atoms with Gasteiger partial charge in [-0.1, -0.05) is 26.0 Å². The minimum absolute atomic E-state index is 0.0254. The first-order valence-electron chi connectivity index (χ1n) is 8.11. The van der Waals surface area contributed by atoms with Crippen LogP contribution >= 0.6 is 0 Å². The van der Waals surface area contributed by atoms with Gasteiger partial charge in [-0.3, -0.25) is 9.45 Å². The van der Waals surface area contributed by atoms with Gasteiger partial charge in [0.25, 0.3) is 0 Å². The Bertz CT molecular complexity index is 698. The molecule has 1 atom stereocenters. The average Bonchev–Trinajstić information content (AvgIpc) is 2.78. The molecule has 0 radical (unpaired) electrons. The Morgan fingerprint density at radius 1 is 1.33 bits per heavy atom. The molecule has 8 heteroatoms. The second-order valence-corrected chi connectivity index (χ2v) is 8.03. The number of hydrogen-bond donors (Lipinski definition) is 2. The third kappa shape index (κ3) is 3.73. The molecule has 2 aliphatic rings. The van der Waals surface area contributed by atoms with Gasteiger partial charge in [-0.15, -0.1) is 0 Å². The summed E-state index contributed by atoms with van der Waals surface area (Å²) in [5.41, 5.74) is 1.96. The zero-order valence-electron chi connectivity index (χ0n) is 14.0. The van der Waals surface area contributed by atoms with Crippen LogP contribution in [-0.4, -0.2) is 56.9 Å². The van der Waals surface area contributed by atoms with Gasteiger partial charge in [-0.05, 0) is 18.1 Å². The molecule has 1 aromatic rings. The summed E-state index contributed by atoms with van der Waals surface area (Å²) in [6.45, 7) is 7.64. The molecule has 3 rings (SSSR count). The molecule has 0 aliphatic carbocycles. The minimum atomic E-state index is -4.15. The quantitative estimate of drug-likeness (QED) is 0.764. The van der Waals surface area contributed by atoms with Gasteiger partial charge in [0, 0.05) is 30.6 Å². The summed E-state index contributed by atoms with van der Waals surface area (Å²) >= 11 is 0. The fraction of sp³-hybridized carbons (Fsp3) is 0.625. The van der Waals surface area contributed by atoms with Gasteiger partial charge >= 0.3 is 10.3 Å². The summed E-state index contributed by atoms with van der Waals surface area (Å²) in [7, 11) is -4.15. The molecular formula is C16H24N2O5S. The van der Waals surface area contributed by atoms with E-state index < -0.39 is 10.3 Å². The maximum absolute atomic E-state index is 10.7. The third-order valence-electron chi connectivity index (χ3n) is 4.67. The van der Waals surface area contributed by atoms with Crippen molar-refractivity contribution in [3.05, 3.63) is 29.3 Å². The molecule has 7 nitrogen and oxygen atoms in total. The predicted octanol–water partition coefficient (Wildman–Crippen LogP) is 0.950. The van der Waals surface area contributed by atoms with Gasteiger partial charge in [0.1, 0.15) is 5.75 Å². The van der Waals surface area contributed by atoms with E-state index in [1.54, 1.807) is 0 Å². The van der Waals surface area contributed by atoms with Crippen LogP contribution in [0.2, 0.25) is 0 Å². The smallest absolute Gasteiger partial charge is 0.333 e. The number of morpholine rings is 1. The molecule has 2 aliphatic heterocycles. The van der Waals surface area contributed by atoms with Crippen molar-refractivity contribution in [2.45, 2.75) is 31.9 Å². The van der Waals surface area contributed by atoms with Crippen molar-refractivity contribution < 1.29 is 22.4 Å². The second-order valence-electron chi connectivity index (χ2n) is 6.79. The lowest BCUT2D eigenvalue weighted by Crippen LogP contribution is -2.52. The van der Waals surface area contributed by atoms with Gasteiger partial charge < -0.3 is 9.47 Å². The van der Waals surface area contributed by atoms with Gasteiger partial charge in [-0.25, -0.2) is 0 Å². The Morgan fingerprint density at radius 2 is 2.04 bits per heavy atom. The van der Waals surface area contributed by atoms with E-state index in [-0.39, 0.29) is 18.2 Å². The van der Waals surface area contributed by atoms with Crippen LogP contribution in [0.25, 0.3) is 0 Å². The lowest BCUT2D eigenvalue weighted by Gasteiger charge is -2.38. The van der Waals surface area contributed by atoms with Crippen LogP contribution in [0.15, 0.2) is 18.2 Å². The Hall–Kier alpha value is -1.19. The number of benzene rings is 1. The molecule has 1 fully saturated rings. The van der Waals surface area contributed by atoms with Gasteiger partial charge in [0.15, 0.2) is 6.23 Å². The first-order chi connectivity index (χ1) is 11.3. The molecule has 1 saturated heterocycles. The molecule has 1 unspecified atom stereocenters. The van der Waals surface area contributed by atoms with E-state index in [4.69, 9.17) is 14.0 Å². The maximum Gasteiger partial charge on any atom is 0.333 e. The number of hydrogen-bond acceptors (Lipinski definition) is 5. The predicted molar refractivity (Wildman–Crippen MR) is 89.5 cm³/mol. The minimum Gasteiger partial charge on any atom is -0.474 e. The highest BCUT2D eigenvalue weighted by atomic mass is 32.2. The first-order valence-corrected chi connectivity index (χ1v) is 9.55. The average molecular weight is 356 g/mol. The number of ether oxygens (including phenoxy) is 2. The van der Waals surface area contributed by atoms with Crippen molar-refractivity contribution in [2.24, 2.45) is 0 Å². The molecular weight excluding hydrogens is 332 g/mol. The van der Waals surface area contributed by atoms with Crippen LogP contribution in [0.1, 0.15) is 25.0 Å². The van der Waals surface area contributed by atoms with Crippen LogP contribution in [0.4, 0.5) is 0 Å². The summed E-state index contributed by atoms with van der Waals surface area (Å²) in [4.78, 5) is 2.31. The maximum atomic E-state index is 10.7. The summed E-state index contributed by atoms with van der Waals surface area (Å²) in [6.07, 6.45) is 0.480. The number of rotatable bonds is 5. The molecule has 134 valence electrons. The van der Waals surface area contributed by atoms with E-state index in [9.17, 15) is 8.42 Å². The SMILES string of the molecule is CC1(C)c2cc(CCNS(=O)(=O)O)ccc2OC1N1CCOCC1.